The van der Waals surface area contributed by atoms with Crippen LogP contribution >= 0.6 is 0 Å². The Morgan fingerprint density at radius 1 is 1.00 bits per heavy atom. The van der Waals surface area contributed by atoms with Crippen LogP contribution < -0.4 is 4.83 Å². The molecule has 0 spiro atoms. The van der Waals surface area contributed by atoms with Gasteiger partial charge >= 0.3 is 0 Å². The standard InChI is InChI=1S/C20H28N2O3S/c1-2-3-4-5-6-7-10-15-26(24,25)22-21-16-19-18-12-9-8-11-17(18)13-14-20(19)23/h8-9,11-14,16,22-23H,2-7,10,15H2,1H3/b21-16+. The minimum atomic E-state index is -3.44. The lowest BCUT2D eigenvalue weighted by atomic mass is 10.0. The van der Waals surface area contributed by atoms with Crippen molar-refractivity contribution < 1.29 is 13.5 Å². The van der Waals surface area contributed by atoms with E-state index in [1.165, 1.54) is 31.9 Å². The van der Waals surface area contributed by atoms with E-state index in [-0.39, 0.29) is 11.5 Å². The van der Waals surface area contributed by atoms with Crippen molar-refractivity contribution in [3.05, 3.63) is 42.0 Å². The molecule has 0 radical (unpaired) electrons. The number of nitrogens with one attached hydrogen (secondary N) is 1. The number of phenols is 1. The van der Waals surface area contributed by atoms with Gasteiger partial charge in [-0.1, -0.05) is 75.8 Å². The fourth-order valence-electron chi connectivity index (χ4n) is 2.89. The van der Waals surface area contributed by atoms with E-state index in [4.69, 9.17) is 0 Å². The maximum atomic E-state index is 12.0. The molecule has 2 rings (SSSR count). The third-order valence-corrected chi connectivity index (χ3v) is 5.56. The Morgan fingerprint density at radius 3 is 2.46 bits per heavy atom. The summed E-state index contributed by atoms with van der Waals surface area (Å²) in [4.78, 5) is 2.24. The van der Waals surface area contributed by atoms with Crippen LogP contribution in [0.3, 0.4) is 0 Å². The van der Waals surface area contributed by atoms with Crippen molar-refractivity contribution in [2.24, 2.45) is 5.10 Å². The Balaban J connectivity index is 1.86. The van der Waals surface area contributed by atoms with Gasteiger partial charge in [-0.25, -0.2) is 13.2 Å². The van der Waals surface area contributed by atoms with Crippen LogP contribution in [0.15, 0.2) is 41.5 Å². The zero-order valence-electron chi connectivity index (χ0n) is 15.3. The summed E-state index contributed by atoms with van der Waals surface area (Å²) in [6.07, 6.45) is 8.83. The van der Waals surface area contributed by atoms with Crippen LogP contribution in [-0.2, 0) is 10.0 Å². The molecule has 26 heavy (non-hydrogen) atoms. The summed E-state index contributed by atoms with van der Waals surface area (Å²) in [5.74, 6) is 0.137. The van der Waals surface area contributed by atoms with Gasteiger partial charge in [0.15, 0.2) is 0 Å². The van der Waals surface area contributed by atoms with Gasteiger partial charge in [-0.3, -0.25) is 0 Å². The first kappa shape index (κ1) is 20.2. The van der Waals surface area contributed by atoms with Gasteiger partial charge in [0.2, 0.25) is 10.0 Å². The highest BCUT2D eigenvalue weighted by atomic mass is 32.2. The van der Waals surface area contributed by atoms with Gasteiger partial charge in [0.05, 0.1) is 12.0 Å². The average molecular weight is 377 g/mol. The van der Waals surface area contributed by atoms with Gasteiger partial charge in [0.25, 0.3) is 0 Å². The first-order valence-electron chi connectivity index (χ1n) is 9.27. The average Bonchev–Trinajstić information content (AvgIpc) is 2.63. The Kier molecular flexibility index (Phi) is 7.91. The fourth-order valence-corrected chi connectivity index (χ4v) is 3.77. The lowest BCUT2D eigenvalue weighted by molar-refractivity contribution is 0.475. The molecule has 6 heteroatoms. The van der Waals surface area contributed by atoms with E-state index < -0.39 is 10.0 Å². The molecular weight excluding hydrogens is 348 g/mol. The number of aromatic hydroxyl groups is 1. The van der Waals surface area contributed by atoms with Gasteiger partial charge in [-0.15, -0.1) is 0 Å². The van der Waals surface area contributed by atoms with Crippen LogP contribution in [0.5, 0.6) is 5.75 Å². The van der Waals surface area contributed by atoms with Crippen LogP contribution in [0.4, 0.5) is 0 Å². The lowest BCUT2D eigenvalue weighted by Gasteiger charge is -2.06. The molecule has 0 fully saturated rings. The van der Waals surface area contributed by atoms with Crippen molar-refractivity contribution in [2.45, 2.75) is 51.9 Å². The monoisotopic (exact) mass is 376 g/mol. The highest BCUT2D eigenvalue weighted by Gasteiger charge is 2.09. The van der Waals surface area contributed by atoms with E-state index in [2.05, 4.69) is 16.9 Å². The maximum absolute atomic E-state index is 12.0. The molecule has 0 saturated heterocycles. The SMILES string of the molecule is CCCCCCCCCS(=O)(=O)N/N=C/c1c(O)ccc2ccccc12. The Labute approximate surface area is 156 Å². The summed E-state index contributed by atoms with van der Waals surface area (Å²) in [5.41, 5.74) is 0.502. The smallest absolute Gasteiger partial charge is 0.247 e. The molecular formula is C20H28N2O3S. The topological polar surface area (TPSA) is 78.8 Å². The van der Waals surface area contributed by atoms with E-state index in [9.17, 15) is 13.5 Å². The van der Waals surface area contributed by atoms with Gasteiger partial charge < -0.3 is 5.11 Å². The molecule has 0 unspecified atom stereocenters. The molecule has 0 atom stereocenters. The second-order valence-electron chi connectivity index (χ2n) is 6.51. The molecule has 2 aromatic rings. The highest BCUT2D eigenvalue weighted by molar-refractivity contribution is 7.89. The summed E-state index contributed by atoms with van der Waals surface area (Å²) in [6, 6.07) is 11.0. The van der Waals surface area contributed by atoms with Crippen LogP contribution in [0, 0.1) is 0 Å². The molecule has 2 aromatic carbocycles. The van der Waals surface area contributed by atoms with Crippen molar-refractivity contribution >= 4 is 27.0 Å². The van der Waals surface area contributed by atoms with E-state index in [0.29, 0.717) is 12.0 Å². The van der Waals surface area contributed by atoms with Crippen molar-refractivity contribution in [1.29, 1.82) is 0 Å². The molecule has 2 N–H and O–H groups in total. The highest BCUT2D eigenvalue weighted by Crippen LogP contribution is 2.25. The summed E-state index contributed by atoms with van der Waals surface area (Å²) < 4.78 is 24.0. The van der Waals surface area contributed by atoms with E-state index >= 15 is 0 Å². The molecule has 0 amide bonds. The van der Waals surface area contributed by atoms with Gasteiger partial charge in [0.1, 0.15) is 5.75 Å². The van der Waals surface area contributed by atoms with Crippen LogP contribution in [-0.4, -0.2) is 25.5 Å². The normalized spacial score (nSPS) is 12.0. The molecule has 0 saturated carbocycles. The molecule has 0 bridgehead atoms. The number of nitrogens with zero attached hydrogens (tertiary/aromatic N) is 1. The summed E-state index contributed by atoms with van der Waals surface area (Å²) in [6.45, 7) is 2.18. The maximum Gasteiger partial charge on any atom is 0.247 e. The number of hydrogen-bond donors (Lipinski definition) is 2. The number of phenolic OH excluding ortho intramolecular Hbond substituents is 1. The zero-order chi connectivity index (χ0) is 18.8. The van der Waals surface area contributed by atoms with E-state index in [0.717, 1.165) is 23.6 Å². The molecule has 142 valence electrons. The Hall–Kier alpha value is -2.08. The van der Waals surface area contributed by atoms with E-state index in [1.54, 1.807) is 6.07 Å². The number of hydrogen-bond acceptors (Lipinski definition) is 4. The van der Waals surface area contributed by atoms with Gasteiger partial charge in [-0.2, -0.15) is 5.10 Å². The first-order chi connectivity index (χ1) is 12.5. The minimum absolute atomic E-state index is 0.0683. The molecule has 0 heterocycles. The molecule has 5 nitrogen and oxygen atoms in total. The van der Waals surface area contributed by atoms with Crippen molar-refractivity contribution in [3.63, 3.8) is 0 Å². The van der Waals surface area contributed by atoms with Crippen molar-refractivity contribution in [1.82, 2.24) is 4.83 Å². The van der Waals surface area contributed by atoms with E-state index in [1.807, 2.05) is 30.3 Å². The molecule has 0 aliphatic heterocycles. The number of unbranched alkanes of at least 4 members (excludes halogenated alkanes) is 6. The first-order valence-corrected chi connectivity index (χ1v) is 10.9. The number of rotatable bonds is 11. The van der Waals surface area contributed by atoms with Crippen molar-refractivity contribution in [3.8, 4) is 5.75 Å². The second-order valence-corrected chi connectivity index (χ2v) is 8.33. The summed E-state index contributed by atoms with van der Waals surface area (Å²) >= 11 is 0. The molecule has 0 aromatic heterocycles. The molecule has 0 aliphatic rings. The van der Waals surface area contributed by atoms with Crippen LogP contribution in [0.2, 0.25) is 0 Å². The lowest BCUT2D eigenvalue weighted by Crippen LogP contribution is -2.21. The fraction of sp³-hybridized carbons (Fsp3) is 0.450. The largest absolute Gasteiger partial charge is 0.507 e. The van der Waals surface area contributed by atoms with Crippen LogP contribution in [0.25, 0.3) is 10.8 Å². The Bertz CT molecular complexity index is 832. The van der Waals surface area contributed by atoms with Gasteiger partial charge in [0, 0.05) is 5.56 Å². The second kappa shape index (κ2) is 10.2. The summed E-state index contributed by atoms with van der Waals surface area (Å²) in [5, 5.41) is 15.7. The number of fused-ring (bicyclic) bond motifs is 1. The number of sulfonamides is 1. The zero-order valence-corrected chi connectivity index (χ0v) is 16.1. The number of benzene rings is 2. The van der Waals surface area contributed by atoms with Crippen LogP contribution in [0.1, 0.15) is 57.4 Å². The Morgan fingerprint density at radius 2 is 1.69 bits per heavy atom. The predicted molar refractivity (Wildman–Crippen MR) is 108 cm³/mol. The quantitative estimate of drug-likeness (QED) is 0.343. The summed E-state index contributed by atoms with van der Waals surface area (Å²) in [7, 11) is -3.44. The minimum Gasteiger partial charge on any atom is -0.507 e. The predicted octanol–water partition coefficient (Wildman–Crippen LogP) is 4.55. The third-order valence-electron chi connectivity index (χ3n) is 4.35. The van der Waals surface area contributed by atoms with Gasteiger partial charge in [-0.05, 0) is 23.3 Å². The third kappa shape index (κ3) is 6.33. The number of hydrazone groups is 1. The molecule has 0 aliphatic carbocycles. The van der Waals surface area contributed by atoms with Crippen molar-refractivity contribution in [2.75, 3.05) is 5.75 Å².